The topological polar surface area (TPSA) is 44.1 Å². The predicted molar refractivity (Wildman–Crippen MR) is 66.7 cm³/mol. The molecule has 1 aliphatic rings. The molecule has 0 aromatic heterocycles. The molecule has 0 saturated heterocycles. The van der Waals surface area contributed by atoms with Crippen LogP contribution in [-0.4, -0.2) is 18.4 Å². The van der Waals surface area contributed by atoms with E-state index in [1.54, 1.807) is 0 Å². The molecule has 3 heteroatoms. The van der Waals surface area contributed by atoms with E-state index in [4.69, 9.17) is 5.26 Å². The van der Waals surface area contributed by atoms with Gasteiger partial charge in [-0.05, 0) is 25.0 Å². The number of para-hydroxylation sites is 1. The van der Waals surface area contributed by atoms with Crippen molar-refractivity contribution in [3.63, 3.8) is 0 Å². The van der Waals surface area contributed by atoms with Crippen LogP contribution in [0.3, 0.4) is 0 Å². The second-order valence-corrected chi connectivity index (χ2v) is 4.31. The van der Waals surface area contributed by atoms with E-state index < -0.39 is 0 Å². The molecule has 1 aromatic rings. The standard InChI is InChI=1S/C14H16N2O/c15-10-5-11-16(12-6-2-1-3-7-12)13-8-4-9-14(13)17/h1-3,6-7,13H,4-5,8-9,11H2. The summed E-state index contributed by atoms with van der Waals surface area (Å²) in [4.78, 5) is 13.9. The Morgan fingerprint density at radius 3 is 2.71 bits per heavy atom. The number of nitriles is 1. The largest absolute Gasteiger partial charge is 0.360 e. The number of carbonyl (C=O) groups is 1. The van der Waals surface area contributed by atoms with Gasteiger partial charge in [0.2, 0.25) is 0 Å². The van der Waals surface area contributed by atoms with E-state index in [0.29, 0.717) is 25.2 Å². The molecule has 0 aliphatic heterocycles. The third kappa shape index (κ3) is 2.65. The summed E-state index contributed by atoms with van der Waals surface area (Å²) in [6.07, 6.45) is 3.03. The van der Waals surface area contributed by atoms with Gasteiger partial charge in [-0.1, -0.05) is 18.2 Å². The number of nitrogens with zero attached hydrogens (tertiary/aromatic N) is 2. The number of hydrogen-bond acceptors (Lipinski definition) is 3. The van der Waals surface area contributed by atoms with Crippen LogP contribution in [0.1, 0.15) is 25.7 Å². The lowest BCUT2D eigenvalue weighted by Gasteiger charge is -2.29. The van der Waals surface area contributed by atoms with Crippen molar-refractivity contribution in [3.8, 4) is 6.07 Å². The first-order valence-corrected chi connectivity index (χ1v) is 6.04. The van der Waals surface area contributed by atoms with E-state index in [1.807, 2.05) is 30.3 Å². The average Bonchev–Trinajstić information content (AvgIpc) is 2.78. The molecule has 1 atom stereocenters. The maximum atomic E-state index is 11.8. The number of Topliss-reactive ketones (excluding diaryl/α,β-unsaturated/α-hetero) is 1. The minimum absolute atomic E-state index is 0.0225. The zero-order valence-corrected chi connectivity index (χ0v) is 9.80. The average molecular weight is 228 g/mol. The highest BCUT2D eigenvalue weighted by Crippen LogP contribution is 2.25. The molecule has 0 spiro atoms. The Morgan fingerprint density at radius 2 is 2.12 bits per heavy atom. The molecule has 3 nitrogen and oxygen atoms in total. The fourth-order valence-corrected chi connectivity index (χ4v) is 2.38. The molecule has 1 aliphatic carbocycles. The van der Waals surface area contributed by atoms with Crippen molar-refractivity contribution in [1.82, 2.24) is 0 Å². The summed E-state index contributed by atoms with van der Waals surface area (Å²) in [6.45, 7) is 0.636. The van der Waals surface area contributed by atoms with Crippen molar-refractivity contribution in [3.05, 3.63) is 30.3 Å². The lowest BCUT2D eigenvalue weighted by atomic mass is 10.1. The molecule has 0 N–H and O–H groups in total. The van der Waals surface area contributed by atoms with Gasteiger partial charge in [0, 0.05) is 18.7 Å². The fourth-order valence-electron chi connectivity index (χ4n) is 2.38. The van der Waals surface area contributed by atoms with Gasteiger partial charge >= 0.3 is 0 Å². The van der Waals surface area contributed by atoms with Crippen LogP contribution >= 0.6 is 0 Å². The van der Waals surface area contributed by atoms with E-state index in [2.05, 4.69) is 11.0 Å². The van der Waals surface area contributed by atoms with Crippen LogP contribution in [0.2, 0.25) is 0 Å². The maximum Gasteiger partial charge on any atom is 0.155 e. The van der Waals surface area contributed by atoms with Crippen LogP contribution in [0.15, 0.2) is 30.3 Å². The van der Waals surface area contributed by atoms with Crippen LogP contribution in [0.25, 0.3) is 0 Å². The molecule has 1 saturated carbocycles. The Balaban J connectivity index is 2.19. The van der Waals surface area contributed by atoms with Gasteiger partial charge in [0.05, 0.1) is 18.5 Å². The second kappa shape index (κ2) is 5.49. The van der Waals surface area contributed by atoms with Crippen LogP contribution in [0.4, 0.5) is 5.69 Å². The Bertz CT molecular complexity index is 422. The number of benzene rings is 1. The monoisotopic (exact) mass is 228 g/mol. The van der Waals surface area contributed by atoms with Gasteiger partial charge in [-0.15, -0.1) is 0 Å². The van der Waals surface area contributed by atoms with E-state index in [9.17, 15) is 4.79 Å². The van der Waals surface area contributed by atoms with Crippen molar-refractivity contribution in [2.75, 3.05) is 11.4 Å². The minimum Gasteiger partial charge on any atom is -0.360 e. The molecule has 0 bridgehead atoms. The predicted octanol–water partition coefficient (Wildman–Crippen LogP) is 2.53. The first-order chi connectivity index (χ1) is 8.33. The van der Waals surface area contributed by atoms with Gasteiger partial charge in [-0.2, -0.15) is 5.26 Å². The molecule has 0 amide bonds. The van der Waals surface area contributed by atoms with Gasteiger partial charge in [0.25, 0.3) is 0 Å². The maximum absolute atomic E-state index is 11.8. The van der Waals surface area contributed by atoms with Crippen LogP contribution in [0.5, 0.6) is 0 Å². The lowest BCUT2D eigenvalue weighted by molar-refractivity contribution is -0.118. The summed E-state index contributed by atoms with van der Waals surface area (Å²) >= 11 is 0. The summed E-state index contributed by atoms with van der Waals surface area (Å²) in [5.41, 5.74) is 1.04. The quantitative estimate of drug-likeness (QED) is 0.795. The molecule has 1 unspecified atom stereocenters. The summed E-state index contributed by atoms with van der Waals surface area (Å²) in [5.74, 6) is 0.312. The lowest BCUT2D eigenvalue weighted by Crippen LogP contribution is -2.38. The smallest absolute Gasteiger partial charge is 0.155 e. The summed E-state index contributed by atoms with van der Waals surface area (Å²) in [5, 5.41) is 8.71. The number of anilines is 1. The van der Waals surface area contributed by atoms with E-state index >= 15 is 0 Å². The molecule has 88 valence electrons. The molecule has 1 fully saturated rings. The highest BCUT2D eigenvalue weighted by Gasteiger charge is 2.29. The van der Waals surface area contributed by atoms with Crippen molar-refractivity contribution in [1.29, 1.82) is 5.26 Å². The minimum atomic E-state index is -0.0225. The fraction of sp³-hybridized carbons (Fsp3) is 0.429. The van der Waals surface area contributed by atoms with E-state index in [-0.39, 0.29) is 6.04 Å². The number of carbonyl (C=O) groups excluding carboxylic acids is 1. The van der Waals surface area contributed by atoms with Crippen molar-refractivity contribution >= 4 is 11.5 Å². The van der Waals surface area contributed by atoms with Crippen LogP contribution < -0.4 is 4.90 Å². The van der Waals surface area contributed by atoms with E-state index in [1.165, 1.54) is 0 Å². The number of hydrogen-bond donors (Lipinski definition) is 0. The zero-order chi connectivity index (χ0) is 12.1. The van der Waals surface area contributed by atoms with Gasteiger partial charge in [0.15, 0.2) is 5.78 Å². The number of rotatable bonds is 4. The second-order valence-electron chi connectivity index (χ2n) is 4.31. The van der Waals surface area contributed by atoms with Gasteiger partial charge in [0.1, 0.15) is 0 Å². The molecule has 17 heavy (non-hydrogen) atoms. The van der Waals surface area contributed by atoms with E-state index in [0.717, 1.165) is 18.5 Å². The Labute approximate surface area is 102 Å². The molecule has 0 heterocycles. The van der Waals surface area contributed by atoms with Crippen LogP contribution in [-0.2, 0) is 4.79 Å². The first kappa shape index (κ1) is 11.7. The van der Waals surface area contributed by atoms with Crippen molar-refractivity contribution < 1.29 is 4.79 Å². The summed E-state index contributed by atoms with van der Waals surface area (Å²) in [7, 11) is 0. The van der Waals surface area contributed by atoms with Gasteiger partial charge < -0.3 is 4.90 Å². The van der Waals surface area contributed by atoms with Crippen molar-refractivity contribution in [2.24, 2.45) is 0 Å². The highest BCUT2D eigenvalue weighted by atomic mass is 16.1. The summed E-state index contributed by atoms with van der Waals surface area (Å²) in [6, 6.07) is 12.0. The van der Waals surface area contributed by atoms with Crippen LogP contribution in [0, 0.1) is 11.3 Å². The zero-order valence-electron chi connectivity index (χ0n) is 9.80. The normalized spacial score (nSPS) is 19.0. The molecular weight excluding hydrogens is 212 g/mol. The summed E-state index contributed by atoms with van der Waals surface area (Å²) < 4.78 is 0. The molecule has 0 radical (unpaired) electrons. The SMILES string of the molecule is N#CCCN(c1ccccc1)C1CCCC1=O. The Morgan fingerprint density at radius 1 is 1.35 bits per heavy atom. The Hall–Kier alpha value is -1.82. The molecule has 1 aromatic carbocycles. The third-order valence-electron chi connectivity index (χ3n) is 3.20. The number of ketones is 1. The molecule has 2 rings (SSSR count). The third-order valence-corrected chi connectivity index (χ3v) is 3.20. The van der Waals surface area contributed by atoms with Gasteiger partial charge in [-0.25, -0.2) is 0 Å². The molecular formula is C14H16N2O. The van der Waals surface area contributed by atoms with Gasteiger partial charge in [-0.3, -0.25) is 4.79 Å². The first-order valence-electron chi connectivity index (χ1n) is 6.04. The van der Waals surface area contributed by atoms with Crippen molar-refractivity contribution in [2.45, 2.75) is 31.7 Å². The highest BCUT2D eigenvalue weighted by molar-refractivity contribution is 5.89. The Kier molecular flexibility index (Phi) is 3.77.